The van der Waals surface area contributed by atoms with Gasteiger partial charge in [-0.2, -0.15) is 0 Å². The Morgan fingerprint density at radius 1 is 1.19 bits per heavy atom. The van der Waals surface area contributed by atoms with Gasteiger partial charge in [-0.05, 0) is 54.8 Å². The molecule has 0 bridgehead atoms. The van der Waals surface area contributed by atoms with Gasteiger partial charge in [0.25, 0.3) is 5.91 Å². The number of hydrogen-bond acceptors (Lipinski definition) is 4. The van der Waals surface area contributed by atoms with Gasteiger partial charge >= 0.3 is 0 Å². The average molecular weight is 429 g/mol. The summed E-state index contributed by atoms with van der Waals surface area (Å²) in [7, 11) is 0. The first-order chi connectivity index (χ1) is 15.4. The highest BCUT2D eigenvalue weighted by molar-refractivity contribution is 5.93. The second-order valence-corrected chi connectivity index (χ2v) is 7.26. The highest BCUT2D eigenvalue weighted by Crippen LogP contribution is 2.31. The van der Waals surface area contributed by atoms with Crippen LogP contribution in [0.25, 0.3) is 10.9 Å². The first kappa shape index (κ1) is 21.1. The first-order valence-electron chi connectivity index (χ1n) is 9.90. The number of carbonyl (C=O) groups is 1. The molecule has 160 valence electrons. The Hall–Kier alpha value is -4.15. The van der Waals surface area contributed by atoms with Gasteiger partial charge in [-0.15, -0.1) is 0 Å². The second-order valence-electron chi connectivity index (χ2n) is 7.26. The van der Waals surface area contributed by atoms with Gasteiger partial charge in [0.1, 0.15) is 23.9 Å². The number of rotatable bonds is 4. The Labute approximate surface area is 183 Å². The van der Waals surface area contributed by atoms with Crippen molar-refractivity contribution in [3.63, 3.8) is 0 Å². The van der Waals surface area contributed by atoms with Gasteiger partial charge in [0.05, 0.1) is 6.04 Å². The lowest BCUT2D eigenvalue weighted by molar-refractivity contribution is 0.0936. The number of aliphatic hydroxyl groups is 1. The fraction of sp³-hybridized carbons (Fsp3) is 0.120. The van der Waals surface area contributed by atoms with Gasteiger partial charge in [0.2, 0.25) is 0 Å². The molecule has 2 aromatic heterocycles. The third-order valence-corrected chi connectivity index (χ3v) is 4.94. The van der Waals surface area contributed by atoms with E-state index in [2.05, 4.69) is 27.1 Å². The topological polar surface area (TPSA) is 98.2 Å². The zero-order chi connectivity index (χ0) is 22.7. The summed E-state index contributed by atoms with van der Waals surface area (Å²) in [5.74, 6) is 4.10. The Balaban J connectivity index is 1.76. The fourth-order valence-electron chi connectivity index (χ4n) is 3.53. The van der Waals surface area contributed by atoms with E-state index in [1.807, 2.05) is 30.3 Å². The Morgan fingerprint density at radius 3 is 2.78 bits per heavy atom. The minimum absolute atomic E-state index is 0.115. The van der Waals surface area contributed by atoms with E-state index in [1.165, 1.54) is 18.2 Å². The van der Waals surface area contributed by atoms with Gasteiger partial charge in [-0.1, -0.05) is 30.0 Å². The molecule has 0 spiro atoms. The molecule has 0 unspecified atom stereocenters. The number of nitrogens with one attached hydrogen (secondary N) is 2. The van der Waals surface area contributed by atoms with Crippen LogP contribution in [0.15, 0.2) is 60.7 Å². The minimum atomic E-state index is -0.861. The quantitative estimate of drug-likeness (QED) is 0.373. The van der Waals surface area contributed by atoms with Crippen LogP contribution < -0.4 is 5.32 Å². The van der Waals surface area contributed by atoms with Crippen molar-refractivity contribution in [2.24, 2.45) is 0 Å². The number of H-pyrrole nitrogens is 1. The summed E-state index contributed by atoms with van der Waals surface area (Å²) in [5.41, 5.74) is 2.85. The number of para-hydroxylation sites is 1. The van der Waals surface area contributed by atoms with E-state index in [-0.39, 0.29) is 23.6 Å². The number of amides is 1. The van der Waals surface area contributed by atoms with Crippen molar-refractivity contribution in [1.82, 2.24) is 15.3 Å². The van der Waals surface area contributed by atoms with E-state index >= 15 is 0 Å². The molecule has 0 aliphatic carbocycles. The number of aromatic amines is 1. The number of aryl methyl sites for hydroxylation is 1. The lowest BCUT2D eigenvalue weighted by Crippen LogP contribution is -2.30. The molecule has 0 fully saturated rings. The van der Waals surface area contributed by atoms with Crippen molar-refractivity contribution < 1.29 is 19.4 Å². The number of hydrogen-bond donors (Lipinski definition) is 4. The smallest absolute Gasteiger partial charge is 0.270 e. The summed E-state index contributed by atoms with van der Waals surface area (Å²) in [5, 5.41) is 23.1. The van der Waals surface area contributed by atoms with Crippen LogP contribution >= 0.6 is 0 Å². The number of aromatic nitrogens is 2. The average Bonchev–Trinajstić information content (AvgIpc) is 3.21. The van der Waals surface area contributed by atoms with Crippen LogP contribution in [-0.4, -0.2) is 32.7 Å². The highest BCUT2D eigenvalue weighted by atomic mass is 19.1. The maximum Gasteiger partial charge on any atom is 0.270 e. The predicted octanol–water partition coefficient (Wildman–Crippen LogP) is 3.58. The molecule has 0 saturated heterocycles. The second kappa shape index (κ2) is 8.92. The van der Waals surface area contributed by atoms with Crippen LogP contribution in [0.4, 0.5) is 4.39 Å². The standard InChI is InChI=1S/C25H20FN3O3/c1-15-11-16(5-4-10-30)12-22(27-15)25(32)29-24(19-14-18(26)8-9-23(19)31)21-13-17-6-2-3-7-20(17)28-21/h2-3,6-9,11-14,24,28,30-31H,10H2,1H3,(H,29,32)/t24-/m1/s1. The van der Waals surface area contributed by atoms with Crippen LogP contribution in [0.5, 0.6) is 5.75 Å². The SMILES string of the molecule is Cc1cc(C#CCO)cc(C(=O)N[C@@H](c2cc3ccccc3[nH]2)c2cc(F)ccc2O)n1. The molecular formula is C25H20FN3O3. The van der Waals surface area contributed by atoms with Crippen LogP contribution in [0.3, 0.4) is 0 Å². The van der Waals surface area contributed by atoms with Crippen LogP contribution in [0.1, 0.15) is 39.0 Å². The normalized spacial score (nSPS) is 11.6. The molecule has 4 N–H and O–H groups in total. The van der Waals surface area contributed by atoms with E-state index in [0.29, 0.717) is 17.0 Å². The maximum atomic E-state index is 14.0. The lowest BCUT2D eigenvalue weighted by atomic mass is 10.0. The number of fused-ring (bicyclic) bond motifs is 1. The summed E-state index contributed by atoms with van der Waals surface area (Å²) in [6, 6.07) is 15.3. The molecule has 2 aromatic carbocycles. The molecule has 1 amide bonds. The van der Waals surface area contributed by atoms with Crippen molar-refractivity contribution in [3.05, 3.63) is 94.7 Å². The first-order valence-corrected chi connectivity index (χ1v) is 9.90. The van der Waals surface area contributed by atoms with Gasteiger partial charge in [0, 0.05) is 28.0 Å². The third-order valence-electron chi connectivity index (χ3n) is 4.94. The Kier molecular flexibility index (Phi) is 5.88. The molecule has 6 nitrogen and oxygen atoms in total. The number of phenols is 1. The monoisotopic (exact) mass is 429 g/mol. The number of halogens is 1. The Morgan fingerprint density at radius 2 is 2.00 bits per heavy atom. The third kappa shape index (κ3) is 4.46. The predicted molar refractivity (Wildman–Crippen MR) is 119 cm³/mol. The highest BCUT2D eigenvalue weighted by Gasteiger charge is 2.24. The molecule has 0 aliphatic rings. The molecule has 0 saturated carbocycles. The van der Waals surface area contributed by atoms with E-state index in [1.54, 1.807) is 13.0 Å². The van der Waals surface area contributed by atoms with Gasteiger partial charge in [0.15, 0.2) is 0 Å². The van der Waals surface area contributed by atoms with E-state index in [9.17, 15) is 14.3 Å². The molecule has 2 heterocycles. The number of benzene rings is 2. The van der Waals surface area contributed by atoms with Crippen molar-refractivity contribution in [3.8, 4) is 17.6 Å². The van der Waals surface area contributed by atoms with Gasteiger partial charge in [-0.3, -0.25) is 4.79 Å². The maximum absolute atomic E-state index is 14.0. The molecular weight excluding hydrogens is 409 g/mol. The van der Waals surface area contributed by atoms with Gasteiger partial charge in [-0.25, -0.2) is 9.37 Å². The van der Waals surface area contributed by atoms with Crippen molar-refractivity contribution in [1.29, 1.82) is 0 Å². The van der Waals surface area contributed by atoms with E-state index in [0.717, 1.165) is 17.0 Å². The largest absolute Gasteiger partial charge is 0.508 e. The number of aromatic hydroxyl groups is 1. The van der Waals surface area contributed by atoms with Crippen LogP contribution in [0.2, 0.25) is 0 Å². The molecule has 0 aliphatic heterocycles. The van der Waals surface area contributed by atoms with Crippen molar-refractivity contribution in [2.75, 3.05) is 6.61 Å². The minimum Gasteiger partial charge on any atom is -0.508 e. The summed E-state index contributed by atoms with van der Waals surface area (Å²) in [6.45, 7) is 1.43. The number of nitrogens with zero attached hydrogens (tertiary/aromatic N) is 1. The number of carbonyl (C=O) groups excluding carboxylic acids is 1. The van der Waals surface area contributed by atoms with Gasteiger partial charge < -0.3 is 20.5 Å². The van der Waals surface area contributed by atoms with Crippen molar-refractivity contribution in [2.45, 2.75) is 13.0 Å². The summed E-state index contributed by atoms with van der Waals surface area (Å²) < 4.78 is 14.0. The summed E-state index contributed by atoms with van der Waals surface area (Å²) in [6.07, 6.45) is 0. The molecule has 1 atom stereocenters. The van der Waals surface area contributed by atoms with Crippen LogP contribution in [0, 0.1) is 24.6 Å². The summed E-state index contributed by atoms with van der Waals surface area (Å²) in [4.78, 5) is 20.6. The molecule has 4 aromatic rings. The molecule has 0 radical (unpaired) electrons. The molecule has 4 rings (SSSR count). The number of aliphatic hydroxyl groups excluding tert-OH is 1. The zero-order valence-corrected chi connectivity index (χ0v) is 17.2. The zero-order valence-electron chi connectivity index (χ0n) is 17.2. The van der Waals surface area contributed by atoms with Crippen LogP contribution in [-0.2, 0) is 0 Å². The molecule has 7 heteroatoms. The Bertz CT molecular complexity index is 1330. The number of phenolic OH excluding ortho intramolecular Hbond substituents is 1. The summed E-state index contributed by atoms with van der Waals surface area (Å²) >= 11 is 0. The number of pyridine rings is 1. The fourth-order valence-corrected chi connectivity index (χ4v) is 3.53. The lowest BCUT2D eigenvalue weighted by Gasteiger charge is -2.19. The van der Waals surface area contributed by atoms with E-state index in [4.69, 9.17) is 5.11 Å². The van der Waals surface area contributed by atoms with Crippen molar-refractivity contribution >= 4 is 16.8 Å². The molecule has 32 heavy (non-hydrogen) atoms. The van der Waals surface area contributed by atoms with E-state index < -0.39 is 17.8 Å².